The molecule has 13 heteroatoms. The predicted octanol–water partition coefficient (Wildman–Crippen LogP) is -0.804. The molecule has 204 valence electrons. The normalized spacial score (nSPS) is 31.6. The molecule has 13 nitrogen and oxygen atoms in total. The molecule has 3 heterocycles. The van der Waals surface area contributed by atoms with E-state index < -0.39 is 79.2 Å². The summed E-state index contributed by atoms with van der Waals surface area (Å²) in [6.45, 7) is -1.78. The summed E-state index contributed by atoms with van der Waals surface area (Å²) in [5.41, 5.74) is -2.80. The second-order valence-electron chi connectivity index (χ2n) is 9.35. The van der Waals surface area contributed by atoms with Crippen LogP contribution >= 0.6 is 0 Å². The lowest BCUT2D eigenvalue weighted by Crippen LogP contribution is -2.54. The fraction of sp³-hybridized carbons (Fsp3) is 0.400. The third kappa shape index (κ3) is 4.38. The van der Waals surface area contributed by atoms with Crippen LogP contribution in [0.5, 0.6) is 17.2 Å². The minimum absolute atomic E-state index is 0.00457. The first kappa shape index (κ1) is 26.3. The molecule has 0 aliphatic carbocycles. The van der Waals surface area contributed by atoms with Gasteiger partial charge in [-0.15, -0.1) is 0 Å². The fourth-order valence-corrected chi connectivity index (χ4v) is 4.61. The molecule has 2 fully saturated rings. The van der Waals surface area contributed by atoms with Gasteiger partial charge in [-0.2, -0.15) is 0 Å². The Bertz CT molecular complexity index is 1390. The molecule has 0 bridgehead atoms. The second kappa shape index (κ2) is 9.80. The summed E-state index contributed by atoms with van der Waals surface area (Å²) in [6.07, 6.45) is -9.51. The lowest BCUT2D eigenvalue weighted by Gasteiger charge is -2.40. The molecule has 3 aromatic rings. The van der Waals surface area contributed by atoms with E-state index in [1.165, 1.54) is 24.3 Å². The number of hydrogen-bond donors (Lipinski definition) is 8. The summed E-state index contributed by atoms with van der Waals surface area (Å²) in [5.74, 6) is -1.22. The summed E-state index contributed by atoms with van der Waals surface area (Å²) >= 11 is 0. The lowest BCUT2D eigenvalue weighted by molar-refractivity contribution is -0.267. The van der Waals surface area contributed by atoms with E-state index in [9.17, 15) is 45.6 Å². The van der Waals surface area contributed by atoms with Crippen LogP contribution < -0.4 is 5.43 Å². The molecule has 8 N–H and O–H groups in total. The number of aliphatic hydroxyl groups excluding tert-OH is 4. The summed E-state index contributed by atoms with van der Waals surface area (Å²) in [7, 11) is 0. The van der Waals surface area contributed by atoms with Gasteiger partial charge in [0.15, 0.2) is 11.7 Å². The van der Waals surface area contributed by atoms with E-state index in [0.717, 1.165) is 12.1 Å². The average molecular weight is 534 g/mol. The van der Waals surface area contributed by atoms with Crippen molar-refractivity contribution in [3.05, 3.63) is 52.2 Å². The molecular formula is C25H26O13. The topological polar surface area (TPSA) is 220 Å². The summed E-state index contributed by atoms with van der Waals surface area (Å²) in [5, 5.41) is 81.9. The zero-order valence-electron chi connectivity index (χ0n) is 19.7. The van der Waals surface area contributed by atoms with E-state index in [2.05, 4.69) is 0 Å². The number of aromatic hydroxyl groups is 3. The predicted molar refractivity (Wildman–Crippen MR) is 126 cm³/mol. The standard InChI is InChI=1S/C25H26O13/c26-8-25(34)9-36-24(23(25)33)38-22-19(31)14(30)7-35-21(22)18-13(29)6-16-17(20(18)32)12(28)5-15(37-16)10-1-3-11(27)4-2-10/h1-6,14,19,21-24,26-27,29-34H,7-9H2. The smallest absolute Gasteiger partial charge is 0.197 e. The minimum atomic E-state index is -2.04. The maximum Gasteiger partial charge on any atom is 0.197 e. The molecule has 0 spiro atoms. The van der Waals surface area contributed by atoms with Crippen LogP contribution in [0, 0.1) is 0 Å². The van der Waals surface area contributed by atoms with Crippen LogP contribution in [0.3, 0.4) is 0 Å². The van der Waals surface area contributed by atoms with E-state index in [-0.39, 0.29) is 28.0 Å². The molecule has 7 unspecified atom stereocenters. The molecule has 0 amide bonds. The molecule has 7 atom stereocenters. The van der Waals surface area contributed by atoms with Crippen molar-refractivity contribution < 1.29 is 59.5 Å². The monoisotopic (exact) mass is 534 g/mol. The van der Waals surface area contributed by atoms with Crippen molar-refractivity contribution in [2.24, 2.45) is 0 Å². The quantitative estimate of drug-likeness (QED) is 0.201. The van der Waals surface area contributed by atoms with Gasteiger partial charge in [0.2, 0.25) is 0 Å². The van der Waals surface area contributed by atoms with Crippen LogP contribution in [0.25, 0.3) is 22.3 Å². The SMILES string of the molecule is O=c1cc(-c2ccc(O)cc2)oc2cc(O)c(C3OCC(O)C(O)C3OC3OCC(O)(CO)C3O)c(O)c12. The van der Waals surface area contributed by atoms with Crippen LogP contribution in [-0.2, 0) is 14.2 Å². The molecule has 2 saturated heterocycles. The molecule has 0 radical (unpaired) electrons. The van der Waals surface area contributed by atoms with Crippen molar-refractivity contribution in [1.29, 1.82) is 0 Å². The molecule has 38 heavy (non-hydrogen) atoms. The van der Waals surface area contributed by atoms with Crippen molar-refractivity contribution in [2.45, 2.75) is 42.4 Å². The van der Waals surface area contributed by atoms with E-state index in [1.54, 1.807) is 0 Å². The Morgan fingerprint density at radius 3 is 2.39 bits per heavy atom. The number of ether oxygens (including phenoxy) is 3. The number of phenolic OH excluding ortho intramolecular Hbond substituents is 3. The van der Waals surface area contributed by atoms with E-state index in [4.69, 9.17) is 18.6 Å². The third-order valence-corrected chi connectivity index (χ3v) is 6.79. The zero-order chi connectivity index (χ0) is 27.4. The highest BCUT2D eigenvalue weighted by molar-refractivity contribution is 5.88. The van der Waals surface area contributed by atoms with Gasteiger partial charge in [0.25, 0.3) is 0 Å². The third-order valence-electron chi connectivity index (χ3n) is 6.79. The Labute approximate surface area is 213 Å². The molecule has 0 saturated carbocycles. The van der Waals surface area contributed by atoms with Crippen molar-refractivity contribution >= 4 is 11.0 Å². The molecule has 2 aromatic carbocycles. The van der Waals surface area contributed by atoms with Crippen molar-refractivity contribution in [3.8, 4) is 28.6 Å². The highest BCUT2D eigenvalue weighted by Crippen LogP contribution is 2.45. The van der Waals surface area contributed by atoms with Crippen LogP contribution in [0.2, 0.25) is 0 Å². The Balaban J connectivity index is 1.55. The molecule has 2 aliphatic rings. The van der Waals surface area contributed by atoms with Crippen LogP contribution in [-0.4, -0.2) is 97.0 Å². The number of rotatable bonds is 5. The number of hydrogen-bond acceptors (Lipinski definition) is 13. The van der Waals surface area contributed by atoms with Gasteiger partial charge in [0, 0.05) is 17.7 Å². The van der Waals surface area contributed by atoms with E-state index >= 15 is 0 Å². The molecule has 1 aromatic heterocycles. The fourth-order valence-electron chi connectivity index (χ4n) is 4.61. The van der Waals surface area contributed by atoms with Crippen molar-refractivity contribution in [2.75, 3.05) is 19.8 Å². The first-order chi connectivity index (χ1) is 18.0. The second-order valence-corrected chi connectivity index (χ2v) is 9.35. The minimum Gasteiger partial charge on any atom is -0.508 e. The number of benzene rings is 2. The molecular weight excluding hydrogens is 508 g/mol. The lowest BCUT2D eigenvalue weighted by atomic mass is 9.91. The van der Waals surface area contributed by atoms with Crippen molar-refractivity contribution in [3.63, 3.8) is 0 Å². The van der Waals surface area contributed by atoms with Gasteiger partial charge >= 0.3 is 0 Å². The van der Waals surface area contributed by atoms with Gasteiger partial charge in [-0.1, -0.05) is 0 Å². The van der Waals surface area contributed by atoms with Gasteiger partial charge < -0.3 is 59.5 Å². The average Bonchev–Trinajstić information content (AvgIpc) is 3.17. The molecule has 5 rings (SSSR count). The van der Waals surface area contributed by atoms with Gasteiger partial charge in [-0.05, 0) is 24.3 Å². The summed E-state index contributed by atoms with van der Waals surface area (Å²) < 4.78 is 22.2. The highest BCUT2D eigenvalue weighted by Gasteiger charge is 2.52. The molecule has 2 aliphatic heterocycles. The van der Waals surface area contributed by atoms with Gasteiger partial charge in [-0.3, -0.25) is 4.79 Å². The number of fused-ring (bicyclic) bond motifs is 1. The first-order valence-corrected chi connectivity index (χ1v) is 11.6. The van der Waals surface area contributed by atoms with E-state index in [0.29, 0.717) is 5.56 Å². The largest absolute Gasteiger partial charge is 0.508 e. The van der Waals surface area contributed by atoms with Crippen LogP contribution in [0.15, 0.2) is 45.6 Å². The Morgan fingerprint density at radius 2 is 1.74 bits per heavy atom. The summed E-state index contributed by atoms with van der Waals surface area (Å²) in [6, 6.07) is 7.99. The Kier molecular flexibility index (Phi) is 6.79. The summed E-state index contributed by atoms with van der Waals surface area (Å²) in [4.78, 5) is 13.0. The maximum atomic E-state index is 13.0. The number of phenols is 3. The van der Waals surface area contributed by atoms with Crippen LogP contribution in [0.4, 0.5) is 0 Å². The number of aliphatic hydroxyl groups is 5. The van der Waals surface area contributed by atoms with Gasteiger partial charge in [0.05, 0.1) is 25.4 Å². The van der Waals surface area contributed by atoms with E-state index in [1.807, 2.05) is 0 Å². The van der Waals surface area contributed by atoms with Crippen molar-refractivity contribution in [1.82, 2.24) is 0 Å². The maximum absolute atomic E-state index is 13.0. The van der Waals surface area contributed by atoms with Gasteiger partial charge in [0.1, 0.15) is 70.1 Å². The van der Waals surface area contributed by atoms with Crippen LogP contribution in [0.1, 0.15) is 11.7 Å². The van der Waals surface area contributed by atoms with Gasteiger partial charge in [-0.25, -0.2) is 0 Å². The zero-order valence-corrected chi connectivity index (χ0v) is 19.7. The first-order valence-electron chi connectivity index (χ1n) is 11.6. The Morgan fingerprint density at radius 1 is 1.03 bits per heavy atom. The Hall–Kier alpha value is -3.27. The highest BCUT2D eigenvalue weighted by atomic mass is 16.7.